The third-order valence-corrected chi connectivity index (χ3v) is 4.01. The summed E-state index contributed by atoms with van der Waals surface area (Å²) >= 11 is 0. The number of ether oxygens (including phenoxy) is 2. The molecule has 0 aromatic carbocycles. The van der Waals surface area contributed by atoms with Crippen LogP contribution in [0.2, 0.25) is 0 Å². The van der Waals surface area contributed by atoms with E-state index in [0.29, 0.717) is 0 Å². The van der Waals surface area contributed by atoms with E-state index in [1.54, 1.807) is 0 Å². The fourth-order valence-electron chi connectivity index (χ4n) is 2.49. The van der Waals surface area contributed by atoms with Gasteiger partial charge in [0.15, 0.2) is 0 Å². The van der Waals surface area contributed by atoms with Crippen LogP contribution in [-0.4, -0.2) is 39.4 Å². The summed E-state index contributed by atoms with van der Waals surface area (Å²) in [6, 6.07) is 0. The molecule has 0 amide bonds. The van der Waals surface area contributed by atoms with Gasteiger partial charge in [0, 0.05) is 19.8 Å². The number of hydrogen-bond donors (Lipinski definition) is 1. The van der Waals surface area contributed by atoms with Crippen LogP contribution in [0.3, 0.4) is 0 Å². The molecule has 1 saturated heterocycles. The topological polar surface area (TPSA) is 47.6 Å². The molecule has 4 heteroatoms. The average Bonchev–Trinajstić information content (AvgIpc) is 3.16. The van der Waals surface area contributed by atoms with Gasteiger partial charge in [-0.3, -0.25) is 4.79 Å². The minimum absolute atomic E-state index is 0.0453. The number of carbonyl (C=O) groups is 1. The molecule has 1 saturated carbocycles. The molecule has 0 radical (unpaired) electrons. The summed E-state index contributed by atoms with van der Waals surface area (Å²) < 4.78 is 10.2. The van der Waals surface area contributed by atoms with Crippen LogP contribution in [0, 0.1) is 11.3 Å². The summed E-state index contributed by atoms with van der Waals surface area (Å²) in [5, 5.41) is 3.41. The Labute approximate surface area is 103 Å². The van der Waals surface area contributed by atoms with Crippen molar-refractivity contribution in [3.05, 3.63) is 0 Å². The zero-order chi connectivity index (χ0) is 12.1. The van der Waals surface area contributed by atoms with Crippen LogP contribution in [0.15, 0.2) is 0 Å². The Balaban J connectivity index is 1.58. The fraction of sp³-hybridized carbons (Fsp3) is 0.923. The van der Waals surface area contributed by atoms with Gasteiger partial charge in [-0.1, -0.05) is 0 Å². The molecule has 0 aromatic heterocycles. The molecule has 1 N–H and O–H groups in total. The van der Waals surface area contributed by atoms with Crippen LogP contribution in [0.4, 0.5) is 0 Å². The monoisotopic (exact) mass is 241 g/mol. The Hall–Kier alpha value is -0.610. The van der Waals surface area contributed by atoms with Crippen molar-refractivity contribution in [1.82, 2.24) is 5.32 Å². The van der Waals surface area contributed by atoms with Gasteiger partial charge in [-0.25, -0.2) is 0 Å². The average molecular weight is 241 g/mol. The van der Waals surface area contributed by atoms with E-state index in [-0.39, 0.29) is 11.4 Å². The van der Waals surface area contributed by atoms with E-state index in [2.05, 4.69) is 5.32 Å². The molecule has 1 heterocycles. The highest BCUT2D eigenvalue weighted by molar-refractivity contribution is 5.80. The van der Waals surface area contributed by atoms with Crippen LogP contribution in [0.5, 0.6) is 0 Å². The highest BCUT2D eigenvalue weighted by Crippen LogP contribution is 2.45. The first-order valence-electron chi connectivity index (χ1n) is 6.64. The molecule has 17 heavy (non-hydrogen) atoms. The molecule has 0 unspecified atom stereocenters. The molecule has 4 nitrogen and oxygen atoms in total. The van der Waals surface area contributed by atoms with Gasteiger partial charge in [0.1, 0.15) is 0 Å². The van der Waals surface area contributed by atoms with Gasteiger partial charge < -0.3 is 14.8 Å². The predicted molar refractivity (Wildman–Crippen MR) is 64.7 cm³/mol. The van der Waals surface area contributed by atoms with Crippen molar-refractivity contribution in [2.45, 2.75) is 32.1 Å². The van der Waals surface area contributed by atoms with E-state index in [0.717, 1.165) is 45.1 Å². The third kappa shape index (κ3) is 3.42. The molecule has 2 rings (SSSR count). The molecule has 0 atom stereocenters. The first kappa shape index (κ1) is 12.8. The maximum absolute atomic E-state index is 11.5. The van der Waals surface area contributed by atoms with E-state index < -0.39 is 0 Å². The zero-order valence-corrected chi connectivity index (χ0v) is 10.7. The standard InChI is InChI=1S/C13H23NO3/c1-16-12(15)13(5-6-13)10-14-7-2-11-3-8-17-9-4-11/h11,14H,2-10H2,1H3. The van der Waals surface area contributed by atoms with Gasteiger partial charge in [0.2, 0.25) is 0 Å². The number of esters is 1. The van der Waals surface area contributed by atoms with E-state index in [9.17, 15) is 4.79 Å². The second-order valence-electron chi connectivity index (χ2n) is 5.29. The molecule has 2 fully saturated rings. The summed E-state index contributed by atoms with van der Waals surface area (Å²) in [5.41, 5.74) is -0.190. The van der Waals surface area contributed by atoms with Gasteiger partial charge in [0.05, 0.1) is 12.5 Å². The molecule has 1 aliphatic carbocycles. The van der Waals surface area contributed by atoms with Crippen molar-refractivity contribution in [1.29, 1.82) is 0 Å². The first-order valence-corrected chi connectivity index (χ1v) is 6.64. The van der Waals surface area contributed by atoms with E-state index in [1.807, 2.05) is 0 Å². The summed E-state index contributed by atoms with van der Waals surface area (Å²) in [6.45, 7) is 3.61. The smallest absolute Gasteiger partial charge is 0.313 e. The van der Waals surface area contributed by atoms with Crippen molar-refractivity contribution >= 4 is 5.97 Å². The van der Waals surface area contributed by atoms with E-state index in [1.165, 1.54) is 26.4 Å². The molecule has 0 aromatic rings. The molecular weight excluding hydrogens is 218 g/mol. The largest absolute Gasteiger partial charge is 0.469 e. The maximum atomic E-state index is 11.5. The summed E-state index contributed by atoms with van der Waals surface area (Å²) in [4.78, 5) is 11.5. The lowest BCUT2D eigenvalue weighted by Gasteiger charge is -2.22. The minimum Gasteiger partial charge on any atom is -0.469 e. The molecule has 0 spiro atoms. The lowest BCUT2D eigenvalue weighted by molar-refractivity contribution is -0.146. The minimum atomic E-state index is -0.190. The SMILES string of the molecule is COC(=O)C1(CNCCC2CCOCC2)CC1. The summed E-state index contributed by atoms with van der Waals surface area (Å²) in [7, 11) is 1.48. The van der Waals surface area contributed by atoms with Gasteiger partial charge in [-0.15, -0.1) is 0 Å². The molecular formula is C13H23NO3. The quantitative estimate of drug-likeness (QED) is 0.563. The lowest BCUT2D eigenvalue weighted by atomic mass is 9.96. The second kappa shape index (κ2) is 5.83. The Kier molecular flexibility index (Phi) is 4.40. The van der Waals surface area contributed by atoms with Crippen molar-refractivity contribution in [3.8, 4) is 0 Å². The third-order valence-electron chi connectivity index (χ3n) is 4.01. The van der Waals surface area contributed by atoms with E-state index >= 15 is 0 Å². The van der Waals surface area contributed by atoms with Crippen LogP contribution in [0.1, 0.15) is 32.1 Å². The van der Waals surface area contributed by atoms with Crippen molar-refractivity contribution in [3.63, 3.8) is 0 Å². The van der Waals surface area contributed by atoms with E-state index in [4.69, 9.17) is 9.47 Å². The number of carbonyl (C=O) groups excluding carboxylic acids is 1. The Morgan fingerprint density at radius 2 is 2.12 bits per heavy atom. The summed E-state index contributed by atoms with van der Waals surface area (Å²) in [5.74, 6) is 0.751. The van der Waals surface area contributed by atoms with Gasteiger partial charge in [-0.2, -0.15) is 0 Å². The number of rotatable bonds is 6. The molecule has 2 aliphatic rings. The van der Waals surface area contributed by atoms with Crippen molar-refractivity contribution in [2.75, 3.05) is 33.4 Å². The first-order chi connectivity index (χ1) is 8.27. The Morgan fingerprint density at radius 1 is 1.41 bits per heavy atom. The second-order valence-corrected chi connectivity index (χ2v) is 5.29. The highest BCUT2D eigenvalue weighted by atomic mass is 16.5. The Morgan fingerprint density at radius 3 is 2.71 bits per heavy atom. The molecule has 1 aliphatic heterocycles. The zero-order valence-electron chi connectivity index (χ0n) is 10.7. The molecule has 98 valence electrons. The predicted octanol–water partition coefficient (Wildman–Crippen LogP) is 1.35. The Bertz CT molecular complexity index is 257. The number of methoxy groups -OCH3 is 1. The fourth-order valence-corrected chi connectivity index (χ4v) is 2.49. The van der Waals surface area contributed by atoms with Crippen LogP contribution in [0.25, 0.3) is 0 Å². The number of nitrogens with one attached hydrogen (secondary N) is 1. The maximum Gasteiger partial charge on any atom is 0.313 e. The molecule has 0 bridgehead atoms. The lowest BCUT2D eigenvalue weighted by Crippen LogP contribution is -2.32. The summed E-state index contributed by atoms with van der Waals surface area (Å²) in [6.07, 6.45) is 5.52. The highest BCUT2D eigenvalue weighted by Gasteiger charge is 2.50. The van der Waals surface area contributed by atoms with Gasteiger partial charge >= 0.3 is 5.97 Å². The van der Waals surface area contributed by atoms with Crippen LogP contribution < -0.4 is 5.32 Å². The van der Waals surface area contributed by atoms with Crippen LogP contribution in [-0.2, 0) is 14.3 Å². The van der Waals surface area contributed by atoms with Crippen LogP contribution >= 0.6 is 0 Å². The van der Waals surface area contributed by atoms with Crippen molar-refractivity contribution in [2.24, 2.45) is 11.3 Å². The normalized spacial score (nSPS) is 23.4. The number of hydrogen-bond acceptors (Lipinski definition) is 4. The van der Waals surface area contributed by atoms with Gasteiger partial charge in [0.25, 0.3) is 0 Å². The van der Waals surface area contributed by atoms with Gasteiger partial charge in [-0.05, 0) is 44.6 Å². The van der Waals surface area contributed by atoms with Crippen molar-refractivity contribution < 1.29 is 14.3 Å².